The van der Waals surface area contributed by atoms with E-state index in [2.05, 4.69) is 14.9 Å². The summed E-state index contributed by atoms with van der Waals surface area (Å²) in [4.78, 5) is 42.2. The van der Waals surface area contributed by atoms with Crippen molar-refractivity contribution in [3.05, 3.63) is 82.0 Å². The second-order valence-electron chi connectivity index (χ2n) is 7.87. The van der Waals surface area contributed by atoms with Gasteiger partial charge in [0.2, 0.25) is 0 Å². The Hall–Kier alpha value is -3.36. The molecule has 1 aliphatic rings. The van der Waals surface area contributed by atoms with E-state index in [4.69, 9.17) is 4.98 Å². The van der Waals surface area contributed by atoms with Crippen molar-refractivity contribution in [1.82, 2.24) is 24.8 Å². The number of fused-ring (bicyclic) bond motifs is 1. The maximum absolute atomic E-state index is 12.9. The van der Waals surface area contributed by atoms with E-state index in [1.807, 2.05) is 40.6 Å². The highest BCUT2D eigenvalue weighted by Crippen LogP contribution is 2.30. The number of carbonyl (C=O) groups excluding carboxylic acids is 1. The molecule has 7 nitrogen and oxygen atoms in total. The molecule has 8 heteroatoms. The van der Waals surface area contributed by atoms with Crippen LogP contribution in [0.5, 0.6) is 0 Å². The van der Waals surface area contributed by atoms with Crippen LogP contribution in [0.3, 0.4) is 0 Å². The molecule has 1 aromatic carbocycles. The summed E-state index contributed by atoms with van der Waals surface area (Å²) in [5.74, 6) is 0.701. The molecule has 0 spiro atoms. The highest BCUT2D eigenvalue weighted by atomic mass is 32.1. The van der Waals surface area contributed by atoms with Gasteiger partial charge < -0.3 is 9.88 Å². The number of nitrogens with one attached hydrogen (secondary N) is 1. The number of aromatic nitrogens is 3. The Morgan fingerprint density at radius 1 is 1.03 bits per heavy atom. The van der Waals surface area contributed by atoms with E-state index in [1.165, 1.54) is 11.3 Å². The number of pyridine rings is 1. The molecular formula is C24H23N5O2S. The Bertz CT molecular complexity index is 1290. The molecule has 3 aromatic heterocycles. The molecule has 0 bridgehead atoms. The minimum absolute atomic E-state index is 0.0363. The molecule has 1 fully saturated rings. The molecule has 0 atom stereocenters. The van der Waals surface area contributed by atoms with Crippen molar-refractivity contribution < 1.29 is 4.79 Å². The summed E-state index contributed by atoms with van der Waals surface area (Å²) in [6, 6.07) is 13.4. The Labute approximate surface area is 189 Å². The quantitative estimate of drug-likeness (QED) is 0.521. The molecule has 4 aromatic rings. The van der Waals surface area contributed by atoms with Crippen LogP contribution in [0.2, 0.25) is 0 Å². The third-order valence-electron chi connectivity index (χ3n) is 5.75. The fourth-order valence-corrected chi connectivity index (χ4v) is 5.09. The molecule has 4 heterocycles. The van der Waals surface area contributed by atoms with Crippen molar-refractivity contribution in [1.29, 1.82) is 0 Å². The highest BCUT2D eigenvalue weighted by Gasteiger charge is 2.21. The Morgan fingerprint density at radius 3 is 2.66 bits per heavy atom. The molecule has 0 aliphatic carbocycles. The maximum Gasteiger partial charge on any atom is 0.260 e. The fourth-order valence-electron chi connectivity index (χ4n) is 4.12. The SMILES string of the molecule is O=C(c1ccncc1)N1CCCN(Cc2nc3scc(-c4ccccc4)c3c(=O)[nH]2)CC1. The van der Waals surface area contributed by atoms with E-state index in [-0.39, 0.29) is 11.5 Å². The van der Waals surface area contributed by atoms with Gasteiger partial charge in [0.25, 0.3) is 11.5 Å². The van der Waals surface area contributed by atoms with E-state index in [0.29, 0.717) is 36.4 Å². The molecular weight excluding hydrogens is 422 g/mol. The largest absolute Gasteiger partial charge is 0.337 e. The summed E-state index contributed by atoms with van der Waals surface area (Å²) in [5.41, 5.74) is 2.50. The Morgan fingerprint density at radius 2 is 1.84 bits per heavy atom. The molecule has 0 radical (unpaired) electrons. The first-order valence-electron chi connectivity index (χ1n) is 10.7. The van der Waals surface area contributed by atoms with Crippen LogP contribution < -0.4 is 5.56 Å². The molecule has 5 rings (SSSR count). The molecule has 162 valence electrons. The van der Waals surface area contributed by atoms with Gasteiger partial charge in [-0.1, -0.05) is 30.3 Å². The van der Waals surface area contributed by atoms with Gasteiger partial charge in [-0.2, -0.15) is 0 Å². The van der Waals surface area contributed by atoms with E-state index < -0.39 is 0 Å². The summed E-state index contributed by atoms with van der Waals surface area (Å²) in [6.07, 6.45) is 4.16. The minimum atomic E-state index is -0.102. The van der Waals surface area contributed by atoms with Crippen LogP contribution in [0.15, 0.2) is 65.0 Å². The van der Waals surface area contributed by atoms with Gasteiger partial charge in [-0.15, -0.1) is 11.3 Å². The van der Waals surface area contributed by atoms with Crippen molar-refractivity contribution in [3.63, 3.8) is 0 Å². The summed E-state index contributed by atoms with van der Waals surface area (Å²) in [5, 5.41) is 2.65. The minimum Gasteiger partial charge on any atom is -0.337 e. The van der Waals surface area contributed by atoms with Gasteiger partial charge in [0.05, 0.1) is 11.9 Å². The normalized spacial score (nSPS) is 15.1. The maximum atomic E-state index is 12.9. The molecule has 1 aliphatic heterocycles. The highest BCUT2D eigenvalue weighted by molar-refractivity contribution is 7.17. The number of aromatic amines is 1. The summed E-state index contributed by atoms with van der Waals surface area (Å²) in [6.45, 7) is 3.50. The number of amides is 1. The predicted octanol–water partition coefficient (Wildman–Crippen LogP) is 3.39. The Kier molecular flexibility index (Phi) is 5.79. The first kappa shape index (κ1) is 20.5. The van der Waals surface area contributed by atoms with Gasteiger partial charge in [0.1, 0.15) is 10.7 Å². The zero-order chi connectivity index (χ0) is 21.9. The summed E-state index contributed by atoms with van der Waals surface area (Å²) in [7, 11) is 0. The van der Waals surface area contributed by atoms with E-state index in [0.717, 1.165) is 35.5 Å². The average molecular weight is 446 g/mol. The third kappa shape index (κ3) is 4.19. The lowest BCUT2D eigenvalue weighted by Gasteiger charge is -2.21. The van der Waals surface area contributed by atoms with Crippen LogP contribution in [-0.4, -0.2) is 56.8 Å². The number of hydrogen-bond donors (Lipinski definition) is 1. The number of thiophene rings is 1. The molecule has 32 heavy (non-hydrogen) atoms. The first-order chi connectivity index (χ1) is 15.7. The topological polar surface area (TPSA) is 82.2 Å². The van der Waals surface area contributed by atoms with E-state index >= 15 is 0 Å². The van der Waals surface area contributed by atoms with Crippen LogP contribution in [0, 0.1) is 0 Å². The van der Waals surface area contributed by atoms with Crippen molar-refractivity contribution in [2.45, 2.75) is 13.0 Å². The standard InChI is InChI=1S/C24H23N5O2S/c30-22-21-19(17-5-2-1-3-6-17)16-32-23(21)27-20(26-22)15-28-11-4-12-29(14-13-28)24(31)18-7-9-25-10-8-18/h1-3,5-10,16H,4,11-15H2,(H,26,27,30). The summed E-state index contributed by atoms with van der Waals surface area (Å²) >= 11 is 1.50. The average Bonchev–Trinajstić information content (AvgIpc) is 3.13. The van der Waals surface area contributed by atoms with Crippen LogP contribution in [0.1, 0.15) is 22.6 Å². The number of carbonyl (C=O) groups is 1. The molecule has 1 N–H and O–H groups in total. The Balaban J connectivity index is 1.31. The third-order valence-corrected chi connectivity index (χ3v) is 6.63. The van der Waals surface area contributed by atoms with Crippen LogP contribution in [0.4, 0.5) is 0 Å². The lowest BCUT2D eigenvalue weighted by molar-refractivity contribution is 0.0761. The van der Waals surface area contributed by atoms with Crippen LogP contribution in [-0.2, 0) is 6.54 Å². The number of hydrogen-bond acceptors (Lipinski definition) is 6. The van der Waals surface area contributed by atoms with Gasteiger partial charge in [0.15, 0.2) is 0 Å². The van der Waals surface area contributed by atoms with Crippen LogP contribution in [0.25, 0.3) is 21.3 Å². The van der Waals surface area contributed by atoms with Crippen LogP contribution >= 0.6 is 11.3 Å². The van der Waals surface area contributed by atoms with Gasteiger partial charge >= 0.3 is 0 Å². The van der Waals surface area contributed by atoms with E-state index in [1.54, 1.807) is 24.5 Å². The molecule has 0 unspecified atom stereocenters. The molecule has 0 saturated carbocycles. The smallest absolute Gasteiger partial charge is 0.260 e. The predicted molar refractivity (Wildman–Crippen MR) is 126 cm³/mol. The monoisotopic (exact) mass is 445 g/mol. The lowest BCUT2D eigenvalue weighted by Crippen LogP contribution is -2.35. The zero-order valence-corrected chi connectivity index (χ0v) is 18.3. The fraction of sp³-hybridized carbons (Fsp3) is 0.250. The van der Waals surface area contributed by atoms with Gasteiger partial charge in [-0.25, -0.2) is 4.98 Å². The lowest BCUT2D eigenvalue weighted by atomic mass is 10.1. The molecule has 1 saturated heterocycles. The summed E-state index contributed by atoms with van der Waals surface area (Å²) < 4.78 is 0. The number of benzene rings is 1. The van der Waals surface area contributed by atoms with Crippen molar-refractivity contribution in [2.24, 2.45) is 0 Å². The second kappa shape index (κ2) is 9.02. The number of nitrogens with zero attached hydrogens (tertiary/aromatic N) is 4. The van der Waals surface area contributed by atoms with Crippen molar-refractivity contribution in [3.8, 4) is 11.1 Å². The van der Waals surface area contributed by atoms with Gasteiger partial charge in [0, 0.05) is 55.1 Å². The first-order valence-corrected chi connectivity index (χ1v) is 11.5. The number of H-pyrrole nitrogens is 1. The molecule has 1 amide bonds. The van der Waals surface area contributed by atoms with E-state index in [9.17, 15) is 9.59 Å². The second-order valence-corrected chi connectivity index (χ2v) is 8.72. The zero-order valence-electron chi connectivity index (χ0n) is 17.5. The van der Waals surface area contributed by atoms with Gasteiger partial charge in [-0.05, 0) is 24.1 Å². The van der Waals surface area contributed by atoms with Crippen molar-refractivity contribution in [2.75, 3.05) is 26.2 Å². The number of rotatable bonds is 4. The van der Waals surface area contributed by atoms with Gasteiger partial charge in [-0.3, -0.25) is 19.5 Å². The van der Waals surface area contributed by atoms with Crippen molar-refractivity contribution >= 4 is 27.5 Å².